The SMILES string of the molecule is O=S1(=O)CCC([NH2+]CCC[NH+]2CCOCC2)C1. The van der Waals surface area contributed by atoms with Crippen molar-refractivity contribution in [3.63, 3.8) is 0 Å². The summed E-state index contributed by atoms with van der Waals surface area (Å²) in [4.78, 5) is 1.63. The summed E-state index contributed by atoms with van der Waals surface area (Å²) in [5.41, 5.74) is 0. The van der Waals surface area contributed by atoms with E-state index in [4.69, 9.17) is 4.74 Å². The van der Waals surface area contributed by atoms with Crippen LogP contribution in [-0.2, 0) is 14.6 Å². The van der Waals surface area contributed by atoms with Crippen LogP contribution in [0, 0.1) is 0 Å². The van der Waals surface area contributed by atoms with Gasteiger partial charge >= 0.3 is 0 Å². The monoisotopic (exact) mass is 264 g/mol. The van der Waals surface area contributed by atoms with Gasteiger partial charge in [-0.1, -0.05) is 0 Å². The zero-order valence-corrected chi connectivity index (χ0v) is 11.2. The van der Waals surface area contributed by atoms with Gasteiger partial charge in [-0.2, -0.15) is 0 Å². The smallest absolute Gasteiger partial charge is 0.156 e. The Morgan fingerprint density at radius 2 is 2.06 bits per heavy atom. The van der Waals surface area contributed by atoms with E-state index in [1.165, 1.54) is 13.0 Å². The number of sulfone groups is 1. The van der Waals surface area contributed by atoms with E-state index in [1.54, 1.807) is 4.90 Å². The van der Waals surface area contributed by atoms with Gasteiger partial charge in [0.05, 0.1) is 32.1 Å². The lowest BCUT2D eigenvalue weighted by Gasteiger charge is -2.23. The molecule has 1 atom stereocenters. The Balaban J connectivity index is 1.54. The van der Waals surface area contributed by atoms with Gasteiger partial charge in [-0.3, -0.25) is 0 Å². The van der Waals surface area contributed by atoms with E-state index in [1.807, 2.05) is 0 Å². The molecule has 2 heterocycles. The predicted octanol–water partition coefficient (Wildman–Crippen LogP) is -2.96. The van der Waals surface area contributed by atoms with Gasteiger partial charge in [-0.05, 0) is 0 Å². The van der Waals surface area contributed by atoms with Gasteiger partial charge in [0.2, 0.25) is 0 Å². The molecule has 2 aliphatic heterocycles. The van der Waals surface area contributed by atoms with E-state index < -0.39 is 9.84 Å². The van der Waals surface area contributed by atoms with Gasteiger partial charge in [-0.15, -0.1) is 0 Å². The molecule has 1 unspecified atom stereocenters. The molecular weight excluding hydrogens is 240 g/mol. The fourth-order valence-electron chi connectivity index (χ4n) is 2.63. The third kappa shape index (κ3) is 4.54. The van der Waals surface area contributed by atoms with Crippen molar-refractivity contribution in [3.05, 3.63) is 0 Å². The van der Waals surface area contributed by atoms with Crippen molar-refractivity contribution >= 4 is 9.84 Å². The average molecular weight is 264 g/mol. The third-order valence-electron chi connectivity index (χ3n) is 3.70. The van der Waals surface area contributed by atoms with Gasteiger partial charge in [0.15, 0.2) is 9.84 Å². The molecule has 5 nitrogen and oxygen atoms in total. The van der Waals surface area contributed by atoms with Gasteiger partial charge < -0.3 is 15.0 Å². The summed E-state index contributed by atoms with van der Waals surface area (Å²) in [6.07, 6.45) is 2.01. The number of rotatable bonds is 5. The summed E-state index contributed by atoms with van der Waals surface area (Å²) >= 11 is 0. The molecule has 0 aromatic carbocycles. The lowest BCUT2D eigenvalue weighted by Crippen LogP contribution is -3.14. The van der Waals surface area contributed by atoms with Gasteiger partial charge in [0.25, 0.3) is 0 Å². The fourth-order valence-corrected chi connectivity index (χ4v) is 4.41. The molecule has 0 aliphatic carbocycles. The van der Waals surface area contributed by atoms with Crippen LogP contribution in [0.15, 0.2) is 0 Å². The highest BCUT2D eigenvalue weighted by molar-refractivity contribution is 7.91. The topological polar surface area (TPSA) is 64.4 Å². The molecule has 0 amide bonds. The Kier molecular flexibility index (Phi) is 4.78. The maximum atomic E-state index is 11.3. The van der Waals surface area contributed by atoms with Gasteiger partial charge in [-0.25, -0.2) is 8.42 Å². The van der Waals surface area contributed by atoms with Crippen LogP contribution in [0.1, 0.15) is 12.8 Å². The first-order valence-corrected chi connectivity index (χ1v) is 8.43. The van der Waals surface area contributed by atoms with Crippen LogP contribution in [0.5, 0.6) is 0 Å². The highest BCUT2D eigenvalue weighted by Crippen LogP contribution is 2.07. The number of hydrogen-bond donors (Lipinski definition) is 2. The minimum atomic E-state index is -2.71. The van der Waals surface area contributed by atoms with E-state index in [0.29, 0.717) is 17.5 Å². The Labute approximate surface area is 103 Å². The molecule has 2 fully saturated rings. The molecule has 0 aromatic rings. The van der Waals surface area contributed by atoms with E-state index in [9.17, 15) is 8.42 Å². The van der Waals surface area contributed by atoms with Crippen molar-refractivity contribution in [3.8, 4) is 0 Å². The molecule has 17 heavy (non-hydrogen) atoms. The van der Waals surface area contributed by atoms with Crippen LogP contribution >= 0.6 is 0 Å². The lowest BCUT2D eigenvalue weighted by molar-refractivity contribution is -0.909. The Bertz CT molecular complexity index is 326. The van der Waals surface area contributed by atoms with Crippen LogP contribution in [0.4, 0.5) is 0 Å². The molecule has 2 aliphatic rings. The molecule has 100 valence electrons. The standard InChI is InChI=1S/C11H22N2O3S/c14-17(15)9-2-11(10-17)12-3-1-4-13-5-7-16-8-6-13/h11-12H,1-10H2/p+2. The minimum absolute atomic E-state index is 0.319. The highest BCUT2D eigenvalue weighted by atomic mass is 32.2. The molecule has 0 radical (unpaired) electrons. The summed E-state index contributed by atoms with van der Waals surface area (Å²) in [5.74, 6) is 0.778. The van der Waals surface area contributed by atoms with Crippen molar-refractivity contribution in [1.29, 1.82) is 0 Å². The number of hydrogen-bond acceptors (Lipinski definition) is 3. The molecule has 0 saturated carbocycles. The second-order valence-electron chi connectivity index (χ2n) is 5.15. The summed E-state index contributed by atoms with van der Waals surface area (Å²) in [6, 6.07) is 0.319. The number of morpholine rings is 1. The zero-order valence-electron chi connectivity index (χ0n) is 10.4. The van der Waals surface area contributed by atoms with E-state index in [2.05, 4.69) is 5.32 Å². The molecule has 2 rings (SSSR count). The number of quaternary nitrogens is 2. The quantitative estimate of drug-likeness (QED) is 0.522. The van der Waals surface area contributed by atoms with Gasteiger partial charge in [0.1, 0.15) is 24.9 Å². The van der Waals surface area contributed by atoms with Crippen LogP contribution < -0.4 is 10.2 Å². The Morgan fingerprint density at radius 1 is 1.29 bits per heavy atom. The van der Waals surface area contributed by atoms with Crippen molar-refractivity contribution in [2.75, 3.05) is 50.9 Å². The summed E-state index contributed by atoms with van der Waals surface area (Å²) in [6.45, 7) is 6.28. The van der Waals surface area contributed by atoms with Crippen LogP contribution in [0.3, 0.4) is 0 Å². The second-order valence-corrected chi connectivity index (χ2v) is 7.38. The van der Waals surface area contributed by atoms with E-state index in [-0.39, 0.29) is 0 Å². The summed E-state index contributed by atoms with van der Waals surface area (Å²) in [5, 5.41) is 2.23. The third-order valence-corrected chi connectivity index (χ3v) is 5.50. The first-order chi connectivity index (χ1) is 8.16. The average Bonchev–Trinajstić information content (AvgIpc) is 2.66. The Morgan fingerprint density at radius 3 is 2.71 bits per heavy atom. The summed E-state index contributed by atoms with van der Waals surface area (Å²) < 4.78 is 27.9. The molecule has 2 saturated heterocycles. The highest BCUT2D eigenvalue weighted by Gasteiger charge is 2.30. The number of ether oxygens (including phenoxy) is 1. The summed E-state index contributed by atoms with van der Waals surface area (Å²) in [7, 11) is -2.71. The molecule has 3 N–H and O–H groups in total. The normalized spacial score (nSPS) is 29.5. The molecular formula is C11H24N2O3S+2. The van der Waals surface area contributed by atoms with Crippen molar-refractivity contribution in [1.82, 2.24) is 0 Å². The molecule has 0 bridgehead atoms. The molecule has 0 spiro atoms. The van der Waals surface area contributed by atoms with Crippen LogP contribution in [0.2, 0.25) is 0 Å². The number of nitrogens with one attached hydrogen (secondary N) is 1. The Hall–Kier alpha value is -0.170. The first-order valence-electron chi connectivity index (χ1n) is 6.61. The first kappa shape index (κ1) is 13.3. The van der Waals surface area contributed by atoms with Crippen molar-refractivity contribution in [2.45, 2.75) is 18.9 Å². The van der Waals surface area contributed by atoms with Crippen LogP contribution in [-0.4, -0.2) is 65.4 Å². The van der Waals surface area contributed by atoms with Crippen LogP contribution in [0.25, 0.3) is 0 Å². The fraction of sp³-hybridized carbons (Fsp3) is 1.00. The van der Waals surface area contributed by atoms with E-state index >= 15 is 0 Å². The van der Waals surface area contributed by atoms with Crippen molar-refractivity contribution in [2.24, 2.45) is 0 Å². The van der Waals surface area contributed by atoms with E-state index in [0.717, 1.165) is 39.3 Å². The lowest BCUT2D eigenvalue weighted by atomic mass is 10.2. The number of nitrogens with two attached hydrogens (primary N) is 1. The van der Waals surface area contributed by atoms with Gasteiger partial charge in [0, 0.05) is 12.8 Å². The molecule has 6 heteroatoms. The van der Waals surface area contributed by atoms with Crippen molar-refractivity contribution < 1.29 is 23.4 Å². The maximum Gasteiger partial charge on any atom is 0.156 e. The predicted molar refractivity (Wildman–Crippen MR) is 64.9 cm³/mol. The minimum Gasteiger partial charge on any atom is -0.370 e. The largest absolute Gasteiger partial charge is 0.370 e. The zero-order chi connectivity index (χ0) is 12.1. The molecule has 0 aromatic heterocycles. The maximum absolute atomic E-state index is 11.3. The second kappa shape index (κ2) is 6.13.